The summed E-state index contributed by atoms with van der Waals surface area (Å²) in [6, 6.07) is 11.2. The van der Waals surface area contributed by atoms with E-state index in [0.29, 0.717) is 6.04 Å². The monoisotopic (exact) mass is 241 g/mol. The quantitative estimate of drug-likeness (QED) is 0.891. The molecule has 1 fully saturated rings. The van der Waals surface area contributed by atoms with Gasteiger partial charge in [-0.05, 0) is 25.1 Å². The molecule has 0 saturated carbocycles. The number of para-hydroxylation sites is 1. The van der Waals surface area contributed by atoms with E-state index in [1.165, 1.54) is 23.9 Å². The van der Waals surface area contributed by atoms with Gasteiger partial charge in [0.15, 0.2) is 0 Å². The van der Waals surface area contributed by atoms with Crippen molar-refractivity contribution in [1.29, 1.82) is 0 Å². The number of nitrogens with one attached hydrogen (secondary N) is 1. The van der Waals surface area contributed by atoms with Crippen molar-refractivity contribution in [2.75, 3.05) is 20.1 Å². The maximum Gasteiger partial charge on any atom is 0.0746 e. The van der Waals surface area contributed by atoms with Gasteiger partial charge in [0, 0.05) is 37.3 Å². The molecule has 0 radical (unpaired) electrons. The molecule has 2 heterocycles. The summed E-state index contributed by atoms with van der Waals surface area (Å²) < 4.78 is 0. The summed E-state index contributed by atoms with van der Waals surface area (Å²) in [6.07, 6.45) is 3.13. The largest absolute Gasteiger partial charge is 0.316 e. The summed E-state index contributed by atoms with van der Waals surface area (Å²) in [4.78, 5) is 7.02. The number of likely N-dealkylation sites (tertiary alicyclic amines) is 1. The summed E-state index contributed by atoms with van der Waals surface area (Å²) >= 11 is 0. The van der Waals surface area contributed by atoms with Gasteiger partial charge in [-0.15, -0.1) is 0 Å². The lowest BCUT2D eigenvalue weighted by molar-refractivity contribution is 0.323. The third-order valence-electron chi connectivity index (χ3n) is 3.79. The van der Waals surface area contributed by atoms with Crippen molar-refractivity contribution >= 4 is 10.9 Å². The van der Waals surface area contributed by atoms with E-state index in [2.05, 4.69) is 39.5 Å². The molecule has 2 aromatic rings. The zero-order chi connectivity index (χ0) is 12.4. The third kappa shape index (κ3) is 2.24. The average Bonchev–Trinajstić information content (AvgIpc) is 2.87. The Hall–Kier alpha value is -1.45. The zero-order valence-electron chi connectivity index (χ0n) is 10.8. The van der Waals surface area contributed by atoms with Gasteiger partial charge >= 0.3 is 0 Å². The topological polar surface area (TPSA) is 28.2 Å². The molecule has 1 saturated heterocycles. The molecular weight excluding hydrogens is 222 g/mol. The van der Waals surface area contributed by atoms with Gasteiger partial charge in [0.2, 0.25) is 0 Å². The molecule has 94 valence electrons. The van der Waals surface area contributed by atoms with Crippen LogP contribution in [0.2, 0.25) is 0 Å². The maximum absolute atomic E-state index is 4.52. The Morgan fingerprint density at radius 1 is 1.33 bits per heavy atom. The second-order valence-electron chi connectivity index (χ2n) is 5.00. The third-order valence-corrected chi connectivity index (χ3v) is 3.79. The lowest BCUT2D eigenvalue weighted by Gasteiger charge is -2.16. The van der Waals surface area contributed by atoms with E-state index in [4.69, 9.17) is 0 Å². The molecule has 1 atom stereocenters. The molecule has 0 spiro atoms. The van der Waals surface area contributed by atoms with Gasteiger partial charge < -0.3 is 5.32 Å². The van der Waals surface area contributed by atoms with Gasteiger partial charge in [-0.3, -0.25) is 9.88 Å². The second-order valence-corrected chi connectivity index (χ2v) is 5.00. The summed E-state index contributed by atoms with van der Waals surface area (Å²) in [5, 5.41) is 4.60. The van der Waals surface area contributed by atoms with E-state index in [9.17, 15) is 0 Å². The first-order valence-electron chi connectivity index (χ1n) is 6.59. The molecule has 3 rings (SSSR count). The Balaban J connectivity index is 1.83. The first-order chi connectivity index (χ1) is 8.86. The minimum Gasteiger partial charge on any atom is -0.316 e. The molecule has 1 aromatic heterocycles. The van der Waals surface area contributed by atoms with Crippen LogP contribution in [0.15, 0.2) is 36.5 Å². The highest BCUT2D eigenvalue weighted by atomic mass is 15.2. The number of pyridine rings is 1. The molecule has 1 aliphatic rings. The van der Waals surface area contributed by atoms with E-state index < -0.39 is 0 Å². The van der Waals surface area contributed by atoms with Gasteiger partial charge in [0.1, 0.15) is 0 Å². The van der Waals surface area contributed by atoms with Gasteiger partial charge in [-0.25, -0.2) is 0 Å². The first kappa shape index (κ1) is 11.6. The van der Waals surface area contributed by atoms with Crippen molar-refractivity contribution in [1.82, 2.24) is 15.2 Å². The van der Waals surface area contributed by atoms with Crippen LogP contribution in [0.4, 0.5) is 0 Å². The van der Waals surface area contributed by atoms with Crippen LogP contribution in [0, 0.1) is 0 Å². The summed E-state index contributed by atoms with van der Waals surface area (Å²) in [6.45, 7) is 3.32. The molecule has 0 amide bonds. The van der Waals surface area contributed by atoms with Gasteiger partial charge in [0.25, 0.3) is 0 Å². The van der Waals surface area contributed by atoms with Crippen molar-refractivity contribution in [2.45, 2.75) is 19.0 Å². The van der Waals surface area contributed by atoms with Crippen LogP contribution in [-0.2, 0) is 6.54 Å². The molecule has 3 heteroatoms. The molecule has 1 N–H and O–H groups in total. The van der Waals surface area contributed by atoms with Gasteiger partial charge in [-0.1, -0.05) is 24.3 Å². The SMILES string of the molecule is CNC1CCN(Cc2cccc3cccnc23)C1. The molecule has 18 heavy (non-hydrogen) atoms. The highest BCUT2D eigenvalue weighted by Gasteiger charge is 2.21. The standard InChI is InChI=1S/C15H19N3/c1-16-14-7-9-18(11-14)10-13-5-2-4-12-6-3-8-17-15(12)13/h2-6,8,14,16H,7,9-11H2,1H3. The molecule has 1 aliphatic heterocycles. The number of benzene rings is 1. The number of fused-ring (bicyclic) bond motifs is 1. The fraction of sp³-hybridized carbons (Fsp3) is 0.400. The van der Waals surface area contributed by atoms with Crippen molar-refractivity contribution in [3.05, 3.63) is 42.1 Å². The van der Waals surface area contributed by atoms with E-state index in [-0.39, 0.29) is 0 Å². The minimum atomic E-state index is 0.646. The van der Waals surface area contributed by atoms with E-state index in [1.807, 2.05) is 19.3 Å². The fourth-order valence-corrected chi connectivity index (χ4v) is 2.75. The van der Waals surface area contributed by atoms with Crippen molar-refractivity contribution in [2.24, 2.45) is 0 Å². The minimum absolute atomic E-state index is 0.646. The van der Waals surface area contributed by atoms with Crippen LogP contribution in [0.3, 0.4) is 0 Å². The highest BCUT2D eigenvalue weighted by molar-refractivity contribution is 5.81. The predicted octanol–water partition coefficient (Wildman–Crippen LogP) is 2.03. The van der Waals surface area contributed by atoms with Crippen LogP contribution >= 0.6 is 0 Å². The smallest absolute Gasteiger partial charge is 0.0746 e. The molecule has 3 nitrogen and oxygen atoms in total. The number of nitrogens with zero attached hydrogens (tertiary/aromatic N) is 2. The van der Waals surface area contributed by atoms with Crippen molar-refractivity contribution < 1.29 is 0 Å². The van der Waals surface area contributed by atoms with Crippen LogP contribution in [-0.4, -0.2) is 36.1 Å². The molecule has 1 aromatic carbocycles. The van der Waals surface area contributed by atoms with E-state index in [1.54, 1.807) is 0 Å². The van der Waals surface area contributed by atoms with Crippen molar-refractivity contribution in [3.63, 3.8) is 0 Å². The molecule has 1 unspecified atom stereocenters. The number of hydrogen-bond donors (Lipinski definition) is 1. The van der Waals surface area contributed by atoms with E-state index in [0.717, 1.165) is 18.6 Å². The van der Waals surface area contributed by atoms with Gasteiger partial charge in [0.05, 0.1) is 5.52 Å². The van der Waals surface area contributed by atoms with Gasteiger partial charge in [-0.2, -0.15) is 0 Å². The van der Waals surface area contributed by atoms with Crippen LogP contribution in [0.5, 0.6) is 0 Å². The molecular formula is C15H19N3. The number of aromatic nitrogens is 1. The lowest BCUT2D eigenvalue weighted by atomic mass is 10.1. The fourth-order valence-electron chi connectivity index (χ4n) is 2.75. The summed E-state index contributed by atoms with van der Waals surface area (Å²) in [5.74, 6) is 0. The highest BCUT2D eigenvalue weighted by Crippen LogP contribution is 2.19. The Labute approximate surface area is 108 Å². The lowest BCUT2D eigenvalue weighted by Crippen LogP contribution is -2.29. The number of hydrogen-bond acceptors (Lipinski definition) is 3. The number of rotatable bonds is 3. The maximum atomic E-state index is 4.52. The summed E-state index contributed by atoms with van der Waals surface area (Å²) in [5.41, 5.74) is 2.48. The number of likely N-dealkylation sites (N-methyl/N-ethyl adjacent to an activating group) is 1. The predicted molar refractivity (Wildman–Crippen MR) is 74.5 cm³/mol. The average molecular weight is 241 g/mol. The Bertz CT molecular complexity index is 533. The first-order valence-corrected chi connectivity index (χ1v) is 6.59. The zero-order valence-corrected chi connectivity index (χ0v) is 10.8. The van der Waals surface area contributed by atoms with Crippen LogP contribution < -0.4 is 5.32 Å². The summed E-state index contributed by atoms with van der Waals surface area (Å²) in [7, 11) is 2.05. The van der Waals surface area contributed by atoms with Crippen LogP contribution in [0.25, 0.3) is 10.9 Å². The Morgan fingerprint density at radius 2 is 2.22 bits per heavy atom. The Kier molecular flexibility index (Phi) is 3.26. The van der Waals surface area contributed by atoms with E-state index >= 15 is 0 Å². The normalized spacial score (nSPS) is 20.6. The Morgan fingerprint density at radius 3 is 3.06 bits per heavy atom. The molecule has 0 bridgehead atoms. The van der Waals surface area contributed by atoms with Crippen molar-refractivity contribution in [3.8, 4) is 0 Å². The second kappa shape index (κ2) is 5.04. The van der Waals surface area contributed by atoms with Crippen LogP contribution in [0.1, 0.15) is 12.0 Å². The molecule has 0 aliphatic carbocycles.